The molecule has 2 amide bonds. The number of anilines is 2. The normalized spacial score (nSPS) is 21.5. The van der Waals surface area contributed by atoms with E-state index in [4.69, 9.17) is 0 Å². The number of amides is 2. The zero-order valence-corrected chi connectivity index (χ0v) is 20.6. The fourth-order valence-corrected chi connectivity index (χ4v) is 6.42. The van der Waals surface area contributed by atoms with Gasteiger partial charge in [0.15, 0.2) is 0 Å². The van der Waals surface area contributed by atoms with E-state index in [1.807, 2.05) is 24.8 Å². The maximum atomic E-state index is 13.3. The van der Waals surface area contributed by atoms with Crippen LogP contribution in [-0.4, -0.2) is 68.7 Å². The van der Waals surface area contributed by atoms with Crippen molar-refractivity contribution in [3.8, 4) is 0 Å². The van der Waals surface area contributed by atoms with Crippen molar-refractivity contribution in [3.63, 3.8) is 0 Å². The molecule has 1 aliphatic carbocycles. The molecule has 2 aliphatic heterocycles. The first-order chi connectivity index (χ1) is 15.8. The number of piperidine rings is 1. The summed E-state index contributed by atoms with van der Waals surface area (Å²) in [7, 11) is -3.64. The van der Waals surface area contributed by atoms with Gasteiger partial charge in [-0.25, -0.2) is 8.42 Å². The minimum atomic E-state index is -3.64. The summed E-state index contributed by atoms with van der Waals surface area (Å²) in [6.07, 6.45) is 5.61. The molecule has 0 radical (unpaired) electrons. The Bertz CT molecular complexity index is 982. The van der Waals surface area contributed by atoms with Crippen molar-refractivity contribution in [3.05, 3.63) is 18.2 Å². The monoisotopic (exact) mass is 476 g/mol. The van der Waals surface area contributed by atoms with Crippen LogP contribution in [0.1, 0.15) is 52.4 Å². The Morgan fingerprint density at radius 1 is 1.00 bits per heavy atom. The van der Waals surface area contributed by atoms with Gasteiger partial charge in [0.05, 0.1) is 22.2 Å². The minimum absolute atomic E-state index is 0.138. The van der Waals surface area contributed by atoms with Crippen molar-refractivity contribution in [2.75, 3.05) is 49.5 Å². The topological polar surface area (TPSA) is 90.0 Å². The van der Waals surface area contributed by atoms with Crippen molar-refractivity contribution in [2.24, 2.45) is 11.8 Å². The fraction of sp³-hybridized carbons (Fsp3) is 0.667. The Hall–Kier alpha value is -2.13. The second-order valence-electron chi connectivity index (χ2n) is 9.35. The zero-order chi connectivity index (χ0) is 23.6. The van der Waals surface area contributed by atoms with Crippen molar-refractivity contribution in [1.29, 1.82) is 0 Å². The van der Waals surface area contributed by atoms with Gasteiger partial charge in [-0.3, -0.25) is 9.59 Å². The highest BCUT2D eigenvalue weighted by molar-refractivity contribution is 7.89. The smallest absolute Gasteiger partial charge is 0.243 e. The first kappa shape index (κ1) is 24.0. The highest BCUT2D eigenvalue weighted by Crippen LogP contribution is 2.35. The molecule has 1 N–H and O–H groups in total. The van der Waals surface area contributed by atoms with Crippen molar-refractivity contribution >= 4 is 33.2 Å². The van der Waals surface area contributed by atoms with Crippen molar-refractivity contribution in [1.82, 2.24) is 9.21 Å². The number of nitrogens with one attached hydrogen (secondary N) is 1. The van der Waals surface area contributed by atoms with E-state index in [0.29, 0.717) is 25.3 Å². The number of carbonyl (C=O) groups is 2. The Kier molecular flexibility index (Phi) is 7.28. The summed E-state index contributed by atoms with van der Waals surface area (Å²) < 4.78 is 27.6. The molecule has 0 bridgehead atoms. The summed E-state index contributed by atoms with van der Waals surface area (Å²) in [6, 6.07) is 5.07. The zero-order valence-electron chi connectivity index (χ0n) is 19.8. The third kappa shape index (κ3) is 5.19. The van der Waals surface area contributed by atoms with Crippen molar-refractivity contribution in [2.45, 2.75) is 57.3 Å². The molecule has 0 aromatic heterocycles. The lowest BCUT2D eigenvalue weighted by Crippen LogP contribution is -2.44. The molecule has 4 rings (SSSR count). The molecule has 1 unspecified atom stereocenters. The standard InChI is InChI=1S/C24H36N4O4S/c1-3-28(4-2)33(31,32)20-11-12-22(26-13-5-6-14-26)21(16-20)25-23(29)19-8-7-15-27(17-19)24(30)18-9-10-18/h11-12,16,18-19H,3-10,13-15,17H2,1-2H3,(H,25,29). The summed E-state index contributed by atoms with van der Waals surface area (Å²) in [6.45, 7) is 7.35. The molecule has 33 heavy (non-hydrogen) atoms. The van der Waals surface area contributed by atoms with E-state index in [1.54, 1.807) is 12.1 Å². The van der Waals surface area contributed by atoms with Crippen LogP contribution in [0.25, 0.3) is 0 Å². The maximum Gasteiger partial charge on any atom is 0.243 e. The Labute approximate surface area is 197 Å². The van der Waals surface area contributed by atoms with Crippen LogP contribution in [0, 0.1) is 11.8 Å². The van der Waals surface area contributed by atoms with Crippen LogP contribution in [-0.2, 0) is 19.6 Å². The lowest BCUT2D eigenvalue weighted by atomic mass is 9.96. The van der Waals surface area contributed by atoms with Gasteiger partial charge in [-0.05, 0) is 56.7 Å². The van der Waals surface area contributed by atoms with Crippen LogP contribution in [0.3, 0.4) is 0 Å². The molecule has 1 atom stereocenters. The number of rotatable bonds is 8. The van der Waals surface area contributed by atoms with Gasteiger partial charge >= 0.3 is 0 Å². The van der Waals surface area contributed by atoms with Gasteiger partial charge in [-0.2, -0.15) is 4.31 Å². The molecule has 0 spiro atoms. The third-order valence-corrected chi connectivity index (χ3v) is 9.09. The SMILES string of the molecule is CCN(CC)S(=O)(=O)c1ccc(N2CCCC2)c(NC(=O)C2CCCN(C(=O)C3CC3)C2)c1. The molecule has 3 fully saturated rings. The number of hydrogen-bond donors (Lipinski definition) is 1. The van der Waals surface area contributed by atoms with Crippen LogP contribution in [0.4, 0.5) is 11.4 Å². The fourth-order valence-electron chi connectivity index (χ4n) is 4.94. The molecular weight excluding hydrogens is 440 g/mol. The van der Waals surface area contributed by atoms with E-state index >= 15 is 0 Å². The molecule has 182 valence electrons. The Morgan fingerprint density at radius 2 is 1.70 bits per heavy atom. The highest BCUT2D eigenvalue weighted by atomic mass is 32.2. The summed E-state index contributed by atoms with van der Waals surface area (Å²) in [5.74, 6) is -0.0924. The lowest BCUT2D eigenvalue weighted by Gasteiger charge is -2.32. The van der Waals surface area contributed by atoms with Gasteiger partial charge in [0, 0.05) is 45.2 Å². The van der Waals surface area contributed by atoms with Gasteiger partial charge in [0.25, 0.3) is 0 Å². The van der Waals surface area contributed by atoms with Crippen LogP contribution >= 0.6 is 0 Å². The third-order valence-electron chi connectivity index (χ3n) is 7.05. The molecule has 1 aromatic carbocycles. The van der Waals surface area contributed by atoms with Crippen LogP contribution in [0.5, 0.6) is 0 Å². The van der Waals surface area contributed by atoms with E-state index < -0.39 is 10.0 Å². The van der Waals surface area contributed by atoms with Gasteiger partial charge in [-0.15, -0.1) is 0 Å². The van der Waals surface area contributed by atoms with Crippen LogP contribution in [0.2, 0.25) is 0 Å². The number of nitrogens with zero attached hydrogens (tertiary/aromatic N) is 3. The van der Waals surface area contributed by atoms with E-state index in [2.05, 4.69) is 10.2 Å². The van der Waals surface area contributed by atoms with Crippen LogP contribution in [0.15, 0.2) is 23.1 Å². The minimum Gasteiger partial charge on any atom is -0.370 e. The summed E-state index contributed by atoms with van der Waals surface area (Å²) >= 11 is 0. The number of benzene rings is 1. The molecule has 8 nitrogen and oxygen atoms in total. The van der Waals surface area contributed by atoms with Crippen LogP contribution < -0.4 is 10.2 Å². The molecule has 9 heteroatoms. The number of hydrogen-bond acceptors (Lipinski definition) is 5. The molecule has 1 saturated carbocycles. The van der Waals surface area contributed by atoms with E-state index in [1.165, 1.54) is 4.31 Å². The van der Waals surface area contributed by atoms with Gasteiger partial charge in [0.1, 0.15) is 0 Å². The number of sulfonamides is 1. The first-order valence-electron chi connectivity index (χ1n) is 12.3. The molecule has 2 heterocycles. The Morgan fingerprint density at radius 3 is 2.33 bits per heavy atom. The summed E-state index contributed by atoms with van der Waals surface area (Å²) in [5.41, 5.74) is 1.40. The van der Waals surface area contributed by atoms with Gasteiger partial charge < -0.3 is 15.1 Å². The molecule has 1 aromatic rings. The summed E-state index contributed by atoms with van der Waals surface area (Å²) in [4.78, 5) is 30.0. The largest absolute Gasteiger partial charge is 0.370 e. The molecule has 2 saturated heterocycles. The van der Waals surface area contributed by atoms with E-state index in [-0.39, 0.29) is 28.5 Å². The lowest BCUT2D eigenvalue weighted by molar-refractivity contribution is -0.135. The second kappa shape index (κ2) is 10.0. The average Bonchev–Trinajstić information content (AvgIpc) is 3.53. The average molecular weight is 477 g/mol. The Balaban J connectivity index is 1.57. The number of likely N-dealkylation sites (tertiary alicyclic amines) is 1. The first-order valence-corrected chi connectivity index (χ1v) is 13.8. The maximum absolute atomic E-state index is 13.3. The van der Waals surface area contributed by atoms with Crippen molar-refractivity contribution < 1.29 is 18.0 Å². The molecular formula is C24H36N4O4S. The molecule has 3 aliphatic rings. The summed E-state index contributed by atoms with van der Waals surface area (Å²) in [5, 5.41) is 3.05. The highest BCUT2D eigenvalue weighted by Gasteiger charge is 2.37. The predicted molar refractivity (Wildman–Crippen MR) is 129 cm³/mol. The van der Waals surface area contributed by atoms with E-state index in [9.17, 15) is 18.0 Å². The number of carbonyl (C=O) groups excluding carboxylic acids is 2. The van der Waals surface area contributed by atoms with E-state index in [0.717, 1.165) is 63.8 Å². The van der Waals surface area contributed by atoms with Gasteiger partial charge in [-0.1, -0.05) is 13.8 Å². The van der Waals surface area contributed by atoms with Gasteiger partial charge in [0.2, 0.25) is 21.8 Å². The quantitative estimate of drug-likeness (QED) is 0.623. The second-order valence-corrected chi connectivity index (χ2v) is 11.3. The predicted octanol–water partition coefficient (Wildman–Crippen LogP) is 2.90.